The molecule has 0 amide bonds. The standard InChI is InChI=1S/C20H30ClN5OS.HI/c1-5-22-19(23-12-14-28(27)20(2,3)4)24-15-18(26-13-6-11-25-26)16-7-9-17(21)10-8-16;/h6-11,13,18H,5,12,14-15H2,1-4H3,(H2,22,23,24);1H. The van der Waals surface area contributed by atoms with E-state index in [0.29, 0.717) is 29.8 Å². The summed E-state index contributed by atoms with van der Waals surface area (Å²) in [6.07, 6.45) is 3.69. The van der Waals surface area contributed by atoms with Gasteiger partial charge in [0.2, 0.25) is 0 Å². The first kappa shape index (κ1) is 25.9. The molecular weight excluding hydrogens is 521 g/mol. The Morgan fingerprint density at radius 2 is 1.97 bits per heavy atom. The minimum atomic E-state index is -0.899. The highest BCUT2D eigenvalue weighted by molar-refractivity contribution is 14.0. The molecule has 2 rings (SSSR count). The predicted octanol–water partition coefficient (Wildman–Crippen LogP) is 3.85. The minimum absolute atomic E-state index is 0. The van der Waals surface area contributed by atoms with Crippen LogP contribution in [0.15, 0.2) is 47.7 Å². The molecule has 0 fully saturated rings. The molecule has 6 nitrogen and oxygen atoms in total. The molecule has 0 spiro atoms. The van der Waals surface area contributed by atoms with E-state index in [1.165, 1.54) is 0 Å². The first-order valence-corrected chi connectivity index (χ1v) is 11.2. The Balaban J connectivity index is 0.00000420. The minimum Gasteiger partial charge on any atom is -0.357 e. The average molecular weight is 552 g/mol. The Kier molecular flexibility index (Phi) is 11.2. The maximum absolute atomic E-state index is 12.2. The summed E-state index contributed by atoms with van der Waals surface area (Å²) in [6, 6.07) is 9.61. The number of aliphatic imine (C=N–C) groups is 1. The lowest BCUT2D eigenvalue weighted by Gasteiger charge is -2.19. The third kappa shape index (κ3) is 8.64. The highest BCUT2D eigenvalue weighted by Crippen LogP contribution is 2.20. The van der Waals surface area contributed by atoms with Crippen molar-refractivity contribution >= 4 is 52.3 Å². The van der Waals surface area contributed by atoms with E-state index in [1.807, 2.05) is 68.9 Å². The zero-order valence-electron chi connectivity index (χ0n) is 17.4. The fraction of sp³-hybridized carbons (Fsp3) is 0.500. The topological polar surface area (TPSA) is 71.3 Å². The maximum Gasteiger partial charge on any atom is 0.191 e. The summed E-state index contributed by atoms with van der Waals surface area (Å²) in [6.45, 7) is 9.86. The van der Waals surface area contributed by atoms with Gasteiger partial charge >= 0.3 is 0 Å². The molecule has 2 atom stereocenters. The number of hydrogen-bond acceptors (Lipinski definition) is 3. The van der Waals surface area contributed by atoms with E-state index in [-0.39, 0.29) is 34.8 Å². The maximum atomic E-state index is 12.2. The lowest BCUT2D eigenvalue weighted by molar-refractivity contribution is 0.531. The van der Waals surface area contributed by atoms with E-state index in [9.17, 15) is 4.21 Å². The van der Waals surface area contributed by atoms with E-state index in [2.05, 4.69) is 15.7 Å². The molecule has 1 heterocycles. The van der Waals surface area contributed by atoms with Gasteiger partial charge in [-0.15, -0.1) is 24.0 Å². The van der Waals surface area contributed by atoms with Crippen molar-refractivity contribution in [1.29, 1.82) is 0 Å². The monoisotopic (exact) mass is 551 g/mol. The average Bonchev–Trinajstić information content (AvgIpc) is 3.16. The van der Waals surface area contributed by atoms with Gasteiger partial charge in [-0.2, -0.15) is 5.10 Å². The molecule has 0 saturated heterocycles. The molecule has 162 valence electrons. The van der Waals surface area contributed by atoms with Crippen LogP contribution < -0.4 is 10.6 Å². The molecule has 0 bridgehead atoms. The Morgan fingerprint density at radius 3 is 2.52 bits per heavy atom. The third-order valence-corrected chi connectivity index (χ3v) is 6.32. The van der Waals surface area contributed by atoms with Gasteiger partial charge in [-0.05, 0) is 51.5 Å². The van der Waals surface area contributed by atoms with Crippen molar-refractivity contribution in [2.45, 2.75) is 38.5 Å². The van der Waals surface area contributed by atoms with E-state index in [1.54, 1.807) is 6.20 Å². The molecule has 2 N–H and O–H groups in total. The summed E-state index contributed by atoms with van der Waals surface area (Å²) in [4.78, 5) is 4.73. The van der Waals surface area contributed by atoms with Crippen molar-refractivity contribution in [2.75, 3.05) is 25.4 Å². The number of nitrogens with zero attached hydrogens (tertiary/aromatic N) is 3. The molecule has 0 radical (unpaired) electrons. The number of guanidine groups is 1. The molecule has 1 aromatic heterocycles. The summed E-state index contributed by atoms with van der Waals surface area (Å²) < 4.78 is 13.9. The van der Waals surface area contributed by atoms with Gasteiger partial charge < -0.3 is 10.6 Å². The van der Waals surface area contributed by atoms with Crippen LogP contribution in [-0.2, 0) is 10.8 Å². The number of benzene rings is 1. The van der Waals surface area contributed by atoms with Crippen molar-refractivity contribution in [3.05, 3.63) is 53.3 Å². The second-order valence-electron chi connectivity index (χ2n) is 7.36. The zero-order chi connectivity index (χ0) is 20.6. The smallest absolute Gasteiger partial charge is 0.191 e. The van der Waals surface area contributed by atoms with Gasteiger partial charge in [-0.1, -0.05) is 23.7 Å². The number of rotatable bonds is 8. The highest BCUT2D eigenvalue weighted by atomic mass is 127. The summed E-state index contributed by atoms with van der Waals surface area (Å²) in [7, 11) is -0.899. The molecule has 0 aliphatic carbocycles. The SMILES string of the molecule is CCNC(=NCC(c1ccc(Cl)cc1)n1cccn1)NCCS(=O)C(C)(C)C.I. The largest absolute Gasteiger partial charge is 0.357 e. The van der Waals surface area contributed by atoms with Crippen LogP contribution in [0.4, 0.5) is 0 Å². The van der Waals surface area contributed by atoms with Gasteiger partial charge in [0.25, 0.3) is 0 Å². The van der Waals surface area contributed by atoms with Crippen molar-refractivity contribution in [3.63, 3.8) is 0 Å². The van der Waals surface area contributed by atoms with E-state index < -0.39 is 10.8 Å². The number of halogens is 2. The quantitative estimate of drug-likeness (QED) is 0.297. The Hall–Kier alpha value is -1.13. The molecule has 9 heteroatoms. The van der Waals surface area contributed by atoms with Crippen molar-refractivity contribution in [3.8, 4) is 0 Å². The van der Waals surface area contributed by atoms with Gasteiger partial charge in [0, 0.05) is 51.8 Å². The van der Waals surface area contributed by atoms with Crippen molar-refractivity contribution in [1.82, 2.24) is 20.4 Å². The summed E-state index contributed by atoms with van der Waals surface area (Å²) in [5, 5.41) is 11.6. The van der Waals surface area contributed by atoms with Crippen molar-refractivity contribution in [2.24, 2.45) is 4.99 Å². The molecule has 0 saturated carbocycles. The van der Waals surface area contributed by atoms with Crippen LogP contribution in [0.5, 0.6) is 0 Å². The molecule has 29 heavy (non-hydrogen) atoms. The summed E-state index contributed by atoms with van der Waals surface area (Å²) in [5.41, 5.74) is 1.08. The lowest BCUT2D eigenvalue weighted by Crippen LogP contribution is -2.40. The molecule has 0 aliphatic heterocycles. The first-order valence-electron chi connectivity index (χ1n) is 9.46. The zero-order valence-corrected chi connectivity index (χ0v) is 21.3. The van der Waals surface area contributed by atoms with Gasteiger partial charge in [0.05, 0.1) is 12.6 Å². The normalized spacial score (nSPS) is 14.0. The van der Waals surface area contributed by atoms with Gasteiger partial charge in [0.15, 0.2) is 5.96 Å². The number of nitrogens with one attached hydrogen (secondary N) is 2. The molecule has 0 aliphatic rings. The van der Waals surface area contributed by atoms with Crippen LogP contribution in [0.3, 0.4) is 0 Å². The molecule has 2 unspecified atom stereocenters. The lowest BCUT2D eigenvalue weighted by atomic mass is 10.1. The second-order valence-corrected chi connectivity index (χ2v) is 10.1. The van der Waals surface area contributed by atoms with Crippen LogP contribution in [0.1, 0.15) is 39.3 Å². The van der Waals surface area contributed by atoms with Gasteiger partial charge in [-0.3, -0.25) is 13.9 Å². The van der Waals surface area contributed by atoms with E-state index >= 15 is 0 Å². The van der Waals surface area contributed by atoms with E-state index in [0.717, 1.165) is 12.1 Å². The van der Waals surface area contributed by atoms with Crippen molar-refractivity contribution < 1.29 is 4.21 Å². The Labute approximate surface area is 198 Å². The predicted molar refractivity (Wildman–Crippen MR) is 134 cm³/mol. The third-order valence-electron chi connectivity index (χ3n) is 4.13. The Bertz CT molecular complexity index is 775. The fourth-order valence-electron chi connectivity index (χ4n) is 2.58. The van der Waals surface area contributed by atoms with Crippen LogP contribution in [-0.4, -0.2) is 50.1 Å². The summed E-state index contributed by atoms with van der Waals surface area (Å²) in [5.74, 6) is 1.28. The highest BCUT2D eigenvalue weighted by Gasteiger charge is 2.19. The number of hydrogen-bond donors (Lipinski definition) is 2. The van der Waals surface area contributed by atoms with Gasteiger partial charge in [-0.25, -0.2) is 0 Å². The Morgan fingerprint density at radius 1 is 1.28 bits per heavy atom. The fourth-order valence-corrected chi connectivity index (χ4v) is 3.61. The summed E-state index contributed by atoms with van der Waals surface area (Å²) >= 11 is 6.03. The van der Waals surface area contributed by atoms with Crippen LogP contribution >= 0.6 is 35.6 Å². The first-order chi connectivity index (χ1) is 13.3. The molecular formula is C20H31ClIN5OS. The molecule has 2 aromatic rings. The van der Waals surface area contributed by atoms with Crippen LogP contribution in [0.2, 0.25) is 5.02 Å². The molecule has 1 aromatic carbocycles. The second kappa shape index (κ2) is 12.5. The van der Waals surface area contributed by atoms with E-state index in [4.69, 9.17) is 16.6 Å². The number of aromatic nitrogens is 2. The van der Waals surface area contributed by atoms with Gasteiger partial charge in [0.1, 0.15) is 0 Å². The van der Waals surface area contributed by atoms with Crippen LogP contribution in [0, 0.1) is 0 Å². The van der Waals surface area contributed by atoms with Crippen LogP contribution in [0.25, 0.3) is 0 Å².